The highest BCUT2D eigenvalue weighted by Crippen LogP contribution is 2.20. The molecule has 1 aromatic carbocycles. The summed E-state index contributed by atoms with van der Waals surface area (Å²) in [6.45, 7) is 3.51. The first-order valence-corrected chi connectivity index (χ1v) is 6.66. The molecule has 0 fully saturated rings. The van der Waals surface area contributed by atoms with E-state index in [0.717, 1.165) is 10.9 Å². The van der Waals surface area contributed by atoms with Gasteiger partial charge in [0, 0.05) is 11.6 Å². The Morgan fingerprint density at radius 1 is 1.25 bits per heavy atom. The maximum atomic E-state index is 12.4. The van der Waals surface area contributed by atoms with Gasteiger partial charge in [-0.3, -0.25) is 4.79 Å². The molecule has 0 aliphatic heterocycles. The normalized spacial score (nSPS) is 11.5. The van der Waals surface area contributed by atoms with Gasteiger partial charge in [-0.25, -0.2) is 4.79 Å². The molecule has 20 heavy (non-hydrogen) atoms. The molecule has 0 radical (unpaired) electrons. The SMILES string of the molecule is CCC(CC)(NC(=O)c1cccc2cc[nH]c12)C(=O)O. The van der Waals surface area contributed by atoms with Gasteiger partial charge in [-0.05, 0) is 25.0 Å². The van der Waals surface area contributed by atoms with E-state index in [1.807, 2.05) is 12.1 Å². The average molecular weight is 274 g/mol. The Bertz CT molecular complexity index is 641. The lowest BCUT2D eigenvalue weighted by molar-refractivity contribution is -0.144. The minimum atomic E-state index is -1.22. The highest BCUT2D eigenvalue weighted by molar-refractivity contribution is 6.07. The van der Waals surface area contributed by atoms with Crippen LogP contribution in [0.3, 0.4) is 0 Å². The summed E-state index contributed by atoms with van der Waals surface area (Å²) in [5.41, 5.74) is -0.0391. The number of carbonyl (C=O) groups is 2. The summed E-state index contributed by atoms with van der Waals surface area (Å²) in [6.07, 6.45) is 2.43. The fourth-order valence-electron chi connectivity index (χ4n) is 2.34. The first kappa shape index (κ1) is 14.1. The first-order valence-electron chi connectivity index (χ1n) is 6.66. The van der Waals surface area contributed by atoms with E-state index in [4.69, 9.17) is 0 Å². The Morgan fingerprint density at radius 3 is 2.55 bits per heavy atom. The van der Waals surface area contributed by atoms with Gasteiger partial charge in [-0.1, -0.05) is 26.0 Å². The number of rotatable bonds is 5. The topological polar surface area (TPSA) is 82.2 Å². The molecule has 0 spiro atoms. The van der Waals surface area contributed by atoms with Crippen molar-refractivity contribution in [1.29, 1.82) is 0 Å². The van der Waals surface area contributed by atoms with Crippen molar-refractivity contribution in [2.75, 3.05) is 0 Å². The van der Waals surface area contributed by atoms with Crippen molar-refractivity contribution in [3.8, 4) is 0 Å². The number of hydrogen-bond acceptors (Lipinski definition) is 2. The number of fused-ring (bicyclic) bond motifs is 1. The van der Waals surface area contributed by atoms with Gasteiger partial charge in [0.2, 0.25) is 0 Å². The predicted octanol–water partition coefficient (Wildman–Crippen LogP) is 2.54. The lowest BCUT2D eigenvalue weighted by Gasteiger charge is -2.28. The molecule has 2 aromatic rings. The molecule has 1 heterocycles. The van der Waals surface area contributed by atoms with Crippen LogP contribution >= 0.6 is 0 Å². The Labute approximate surface area is 117 Å². The van der Waals surface area contributed by atoms with Crippen LogP contribution in [0.2, 0.25) is 0 Å². The molecule has 5 heteroatoms. The monoisotopic (exact) mass is 274 g/mol. The minimum absolute atomic E-state index is 0.339. The third-order valence-corrected chi connectivity index (χ3v) is 3.80. The van der Waals surface area contributed by atoms with Gasteiger partial charge >= 0.3 is 5.97 Å². The highest BCUT2D eigenvalue weighted by Gasteiger charge is 2.36. The summed E-state index contributed by atoms with van der Waals surface area (Å²) in [7, 11) is 0. The number of carboxylic acids is 1. The second-order valence-electron chi connectivity index (χ2n) is 4.80. The third-order valence-electron chi connectivity index (χ3n) is 3.80. The zero-order valence-corrected chi connectivity index (χ0v) is 11.6. The van der Waals surface area contributed by atoms with Crippen LogP contribution in [-0.2, 0) is 4.79 Å². The highest BCUT2D eigenvalue weighted by atomic mass is 16.4. The van der Waals surface area contributed by atoms with Gasteiger partial charge in [-0.15, -0.1) is 0 Å². The minimum Gasteiger partial charge on any atom is -0.480 e. The number of aliphatic carboxylic acids is 1. The molecule has 0 aliphatic carbocycles. The van der Waals surface area contributed by atoms with E-state index in [9.17, 15) is 14.7 Å². The first-order chi connectivity index (χ1) is 9.54. The van der Waals surface area contributed by atoms with Crippen molar-refractivity contribution in [3.05, 3.63) is 36.0 Å². The molecule has 3 N–H and O–H groups in total. The van der Waals surface area contributed by atoms with E-state index in [-0.39, 0.29) is 5.91 Å². The number of hydrogen-bond donors (Lipinski definition) is 3. The summed E-state index contributed by atoms with van der Waals surface area (Å²) in [5.74, 6) is -1.38. The Morgan fingerprint density at radius 2 is 1.95 bits per heavy atom. The van der Waals surface area contributed by atoms with Gasteiger partial charge in [0.1, 0.15) is 5.54 Å². The van der Waals surface area contributed by atoms with Crippen LogP contribution < -0.4 is 5.32 Å². The number of carbonyl (C=O) groups excluding carboxylic acids is 1. The summed E-state index contributed by atoms with van der Waals surface area (Å²) in [6, 6.07) is 7.24. The van der Waals surface area contributed by atoms with Gasteiger partial charge in [0.15, 0.2) is 0 Å². The van der Waals surface area contributed by atoms with Crippen LogP contribution in [0, 0.1) is 0 Å². The molecule has 0 aliphatic rings. The maximum absolute atomic E-state index is 12.4. The molecular weight excluding hydrogens is 256 g/mol. The number of aromatic amines is 1. The van der Waals surface area contributed by atoms with Gasteiger partial charge in [0.05, 0.1) is 11.1 Å². The molecule has 0 saturated carbocycles. The molecule has 5 nitrogen and oxygen atoms in total. The van der Waals surface area contributed by atoms with Crippen molar-refractivity contribution < 1.29 is 14.7 Å². The van der Waals surface area contributed by atoms with Crippen LogP contribution in [0.5, 0.6) is 0 Å². The predicted molar refractivity (Wildman–Crippen MR) is 76.7 cm³/mol. The standard InChI is InChI=1S/C15H18N2O3/c1-3-15(4-2,14(19)20)17-13(18)11-7-5-6-10-8-9-16-12(10)11/h5-9,16H,3-4H2,1-2H3,(H,17,18)(H,19,20). The number of amides is 1. The Kier molecular flexibility index (Phi) is 3.79. The van der Waals surface area contributed by atoms with Crippen molar-refractivity contribution in [2.24, 2.45) is 0 Å². The molecule has 0 atom stereocenters. The second-order valence-corrected chi connectivity index (χ2v) is 4.80. The molecule has 0 saturated heterocycles. The number of carboxylic acid groups (broad SMARTS) is 1. The van der Waals surface area contributed by atoms with Crippen molar-refractivity contribution in [3.63, 3.8) is 0 Å². The number of aromatic nitrogens is 1. The number of benzene rings is 1. The average Bonchev–Trinajstić information content (AvgIpc) is 2.92. The van der Waals surface area contributed by atoms with Crippen LogP contribution in [0.15, 0.2) is 30.5 Å². The smallest absolute Gasteiger partial charge is 0.329 e. The van der Waals surface area contributed by atoms with Crippen LogP contribution in [0.25, 0.3) is 10.9 Å². The summed E-state index contributed by atoms with van der Waals surface area (Å²) >= 11 is 0. The summed E-state index contributed by atoms with van der Waals surface area (Å²) in [5, 5.41) is 13.0. The van der Waals surface area contributed by atoms with Crippen molar-refractivity contribution >= 4 is 22.8 Å². The molecule has 0 unspecified atom stereocenters. The zero-order chi connectivity index (χ0) is 14.8. The third kappa shape index (κ3) is 2.27. The summed E-state index contributed by atoms with van der Waals surface area (Å²) in [4.78, 5) is 26.9. The number of H-pyrrole nitrogens is 1. The van der Waals surface area contributed by atoms with Gasteiger partial charge < -0.3 is 15.4 Å². The fraction of sp³-hybridized carbons (Fsp3) is 0.333. The molecule has 106 valence electrons. The van der Waals surface area contributed by atoms with E-state index in [2.05, 4.69) is 10.3 Å². The molecule has 1 amide bonds. The molecule has 1 aromatic heterocycles. The van der Waals surface area contributed by atoms with Crippen LogP contribution in [-0.4, -0.2) is 27.5 Å². The molecule has 0 bridgehead atoms. The quantitative estimate of drug-likeness (QED) is 0.783. The second kappa shape index (κ2) is 5.36. The number of para-hydroxylation sites is 1. The summed E-state index contributed by atoms with van der Waals surface area (Å²) < 4.78 is 0. The van der Waals surface area contributed by atoms with E-state index >= 15 is 0 Å². The number of nitrogens with one attached hydrogen (secondary N) is 2. The Balaban J connectivity index is 2.36. The van der Waals surface area contributed by atoms with E-state index in [1.54, 1.807) is 32.2 Å². The van der Waals surface area contributed by atoms with Crippen LogP contribution in [0.1, 0.15) is 37.0 Å². The van der Waals surface area contributed by atoms with Gasteiger partial charge in [0.25, 0.3) is 5.91 Å². The lowest BCUT2D eigenvalue weighted by Crippen LogP contribution is -2.53. The zero-order valence-electron chi connectivity index (χ0n) is 11.6. The van der Waals surface area contributed by atoms with E-state index < -0.39 is 11.5 Å². The Hall–Kier alpha value is -2.30. The molecule has 2 rings (SSSR count). The van der Waals surface area contributed by atoms with Crippen LogP contribution in [0.4, 0.5) is 0 Å². The maximum Gasteiger partial charge on any atom is 0.329 e. The lowest BCUT2D eigenvalue weighted by atomic mass is 9.92. The molecular formula is C15H18N2O3. The van der Waals surface area contributed by atoms with Gasteiger partial charge in [-0.2, -0.15) is 0 Å². The van der Waals surface area contributed by atoms with Crippen molar-refractivity contribution in [2.45, 2.75) is 32.2 Å². The van der Waals surface area contributed by atoms with E-state index in [0.29, 0.717) is 18.4 Å². The van der Waals surface area contributed by atoms with Crippen molar-refractivity contribution in [1.82, 2.24) is 10.3 Å². The van der Waals surface area contributed by atoms with E-state index in [1.165, 1.54) is 0 Å². The fourth-order valence-corrected chi connectivity index (χ4v) is 2.34. The largest absolute Gasteiger partial charge is 0.480 e.